The van der Waals surface area contributed by atoms with Gasteiger partial charge < -0.3 is 5.32 Å². The third-order valence-electron chi connectivity index (χ3n) is 1.85. The van der Waals surface area contributed by atoms with Gasteiger partial charge in [-0.05, 0) is 32.4 Å². The lowest BCUT2D eigenvalue weighted by atomic mass is 10.3. The fourth-order valence-electron chi connectivity index (χ4n) is 1.24. The van der Waals surface area contributed by atoms with Crippen molar-refractivity contribution >= 4 is 23.1 Å². The Morgan fingerprint density at radius 2 is 2.23 bits per heavy atom. The summed E-state index contributed by atoms with van der Waals surface area (Å²) >= 11 is 1.87. The second-order valence-electron chi connectivity index (χ2n) is 2.87. The molecule has 1 rings (SSSR count). The highest BCUT2D eigenvalue weighted by atomic mass is 32.1. The lowest BCUT2D eigenvalue weighted by molar-refractivity contribution is 1.18. The Kier molecular flexibility index (Phi) is 4.03. The monoisotopic (exact) mass is 195 g/mol. The molecular formula is C11H17NS. The Hall–Kier alpha value is -0.760. The second-order valence-corrected chi connectivity index (χ2v) is 4.04. The first kappa shape index (κ1) is 10.3. The van der Waals surface area contributed by atoms with E-state index in [0.29, 0.717) is 0 Å². The molecule has 1 aromatic rings. The number of rotatable bonds is 4. The molecule has 0 saturated heterocycles. The summed E-state index contributed by atoms with van der Waals surface area (Å²) in [5.41, 5.74) is 1.28. The van der Waals surface area contributed by atoms with Gasteiger partial charge >= 0.3 is 0 Å². The molecule has 0 fully saturated rings. The molecule has 0 aliphatic heterocycles. The number of nitrogens with one attached hydrogen (secondary N) is 1. The molecule has 2 heteroatoms. The zero-order valence-electron chi connectivity index (χ0n) is 8.55. The number of aryl methyl sites for hydroxylation is 1. The maximum atomic E-state index is 3.37. The van der Waals surface area contributed by atoms with Crippen molar-refractivity contribution in [3.05, 3.63) is 21.9 Å². The molecule has 13 heavy (non-hydrogen) atoms. The highest BCUT2D eigenvalue weighted by molar-refractivity contribution is 7.13. The highest BCUT2D eigenvalue weighted by Crippen LogP contribution is 2.28. The van der Waals surface area contributed by atoms with Crippen molar-refractivity contribution in [3.63, 3.8) is 0 Å². The molecular weight excluding hydrogens is 178 g/mol. The molecule has 0 aliphatic carbocycles. The Labute approximate surface area is 84.5 Å². The van der Waals surface area contributed by atoms with Gasteiger partial charge in [0.25, 0.3) is 0 Å². The molecule has 1 heterocycles. The van der Waals surface area contributed by atoms with Crippen LogP contribution in [0.15, 0.2) is 12.1 Å². The van der Waals surface area contributed by atoms with Gasteiger partial charge in [0.15, 0.2) is 0 Å². The minimum absolute atomic E-state index is 0.991. The normalized spacial score (nSPS) is 11.0. The van der Waals surface area contributed by atoms with Crippen LogP contribution in [0.1, 0.15) is 30.5 Å². The summed E-state index contributed by atoms with van der Waals surface area (Å²) in [6, 6.07) is 2.25. The van der Waals surface area contributed by atoms with Crippen molar-refractivity contribution in [2.24, 2.45) is 0 Å². The van der Waals surface area contributed by atoms with Crippen LogP contribution in [0.3, 0.4) is 0 Å². The smallest absolute Gasteiger partial charge is 0.0526 e. The molecule has 0 atom stereocenters. The summed E-state index contributed by atoms with van der Waals surface area (Å²) in [5.74, 6) is 0. The molecule has 1 N–H and O–H groups in total. The Bertz CT molecular complexity index is 286. The van der Waals surface area contributed by atoms with Crippen LogP contribution in [0.4, 0.5) is 5.69 Å². The van der Waals surface area contributed by atoms with Crippen molar-refractivity contribution in [2.45, 2.75) is 27.2 Å². The number of allylic oxidation sites excluding steroid dienone is 1. The molecule has 72 valence electrons. The standard InChI is InChI=1S/C11H17NS/c1-4-7-11-10(12-6-3)8-9(5-2)13-11/h4,7-8,12H,5-6H2,1-3H3. The van der Waals surface area contributed by atoms with E-state index in [1.165, 1.54) is 15.4 Å². The third-order valence-corrected chi connectivity index (χ3v) is 3.09. The van der Waals surface area contributed by atoms with Crippen LogP contribution in [-0.4, -0.2) is 6.54 Å². The summed E-state index contributed by atoms with van der Waals surface area (Å²) in [7, 11) is 0. The van der Waals surface area contributed by atoms with Gasteiger partial charge in [0.05, 0.1) is 10.6 Å². The largest absolute Gasteiger partial charge is 0.384 e. The maximum absolute atomic E-state index is 3.37. The van der Waals surface area contributed by atoms with Crippen molar-refractivity contribution in [1.29, 1.82) is 0 Å². The molecule has 0 aliphatic rings. The van der Waals surface area contributed by atoms with Crippen molar-refractivity contribution < 1.29 is 0 Å². The SMILES string of the molecule is CC=Cc1sc(CC)cc1NCC. The van der Waals surface area contributed by atoms with Gasteiger partial charge in [-0.1, -0.05) is 13.0 Å². The van der Waals surface area contributed by atoms with E-state index < -0.39 is 0 Å². The van der Waals surface area contributed by atoms with E-state index in [9.17, 15) is 0 Å². The van der Waals surface area contributed by atoms with E-state index in [-0.39, 0.29) is 0 Å². The van der Waals surface area contributed by atoms with E-state index in [1.54, 1.807) is 0 Å². The molecule has 0 unspecified atom stereocenters. The predicted octanol–water partition coefficient (Wildman–Crippen LogP) is 3.78. The minimum atomic E-state index is 0.991. The van der Waals surface area contributed by atoms with E-state index >= 15 is 0 Å². The molecule has 1 nitrogen and oxygen atoms in total. The molecule has 1 aromatic heterocycles. The number of hydrogen-bond acceptors (Lipinski definition) is 2. The van der Waals surface area contributed by atoms with Crippen LogP contribution in [0.25, 0.3) is 6.08 Å². The van der Waals surface area contributed by atoms with E-state index in [1.807, 2.05) is 11.3 Å². The van der Waals surface area contributed by atoms with Gasteiger partial charge in [-0.25, -0.2) is 0 Å². The third kappa shape index (κ3) is 2.59. The van der Waals surface area contributed by atoms with Crippen molar-refractivity contribution in [1.82, 2.24) is 0 Å². The van der Waals surface area contributed by atoms with Gasteiger partial charge in [-0.2, -0.15) is 0 Å². The zero-order chi connectivity index (χ0) is 9.68. The van der Waals surface area contributed by atoms with Crippen LogP contribution in [0.2, 0.25) is 0 Å². The van der Waals surface area contributed by atoms with Crippen LogP contribution < -0.4 is 5.32 Å². The lowest BCUT2D eigenvalue weighted by Crippen LogP contribution is -1.95. The number of hydrogen-bond donors (Lipinski definition) is 1. The summed E-state index contributed by atoms with van der Waals surface area (Å²) in [6.45, 7) is 7.37. The zero-order valence-corrected chi connectivity index (χ0v) is 9.37. The number of thiophene rings is 1. The van der Waals surface area contributed by atoms with E-state index in [0.717, 1.165) is 13.0 Å². The molecule has 0 aromatic carbocycles. The van der Waals surface area contributed by atoms with Gasteiger partial charge in [0, 0.05) is 11.4 Å². The average Bonchev–Trinajstić information content (AvgIpc) is 2.50. The van der Waals surface area contributed by atoms with Gasteiger partial charge in [0.1, 0.15) is 0 Å². The molecule has 0 saturated carbocycles. The first-order chi connectivity index (χ1) is 6.31. The second kappa shape index (κ2) is 5.07. The fourth-order valence-corrected chi connectivity index (χ4v) is 2.28. The van der Waals surface area contributed by atoms with Crippen LogP contribution in [-0.2, 0) is 6.42 Å². The van der Waals surface area contributed by atoms with E-state index in [2.05, 4.69) is 44.3 Å². The highest BCUT2D eigenvalue weighted by Gasteiger charge is 2.03. The Balaban J connectivity index is 2.92. The molecule has 0 amide bonds. The first-order valence-electron chi connectivity index (χ1n) is 4.81. The van der Waals surface area contributed by atoms with Crippen LogP contribution in [0.5, 0.6) is 0 Å². The summed E-state index contributed by atoms with van der Waals surface area (Å²) < 4.78 is 0. The lowest BCUT2D eigenvalue weighted by Gasteiger charge is -1.99. The summed E-state index contributed by atoms with van der Waals surface area (Å²) in [4.78, 5) is 2.80. The van der Waals surface area contributed by atoms with Crippen LogP contribution >= 0.6 is 11.3 Å². The molecule has 0 spiro atoms. The topological polar surface area (TPSA) is 12.0 Å². The number of anilines is 1. The quantitative estimate of drug-likeness (QED) is 0.771. The maximum Gasteiger partial charge on any atom is 0.0526 e. The van der Waals surface area contributed by atoms with Gasteiger partial charge in [-0.3, -0.25) is 0 Å². The molecule has 0 bridgehead atoms. The minimum Gasteiger partial charge on any atom is -0.384 e. The average molecular weight is 195 g/mol. The van der Waals surface area contributed by atoms with Gasteiger partial charge in [0.2, 0.25) is 0 Å². The summed E-state index contributed by atoms with van der Waals surface area (Å²) in [5, 5.41) is 3.37. The van der Waals surface area contributed by atoms with Gasteiger partial charge in [-0.15, -0.1) is 11.3 Å². The molecule has 0 radical (unpaired) electrons. The van der Waals surface area contributed by atoms with Crippen molar-refractivity contribution in [2.75, 3.05) is 11.9 Å². The first-order valence-corrected chi connectivity index (χ1v) is 5.62. The predicted molar refractivity (Wildman–Crippen MR) is 62.6 cm³/mol. The fraction of sp³-hybridized carbons (Fsp3) is 0.455. The van der Waals surface area contributed by atoms with Crippen LogP contribution in [0, 0.1) is 0 Å². The van der Waals surface area contributed by atoms with E-state index in [4.69, 9.17) is 0 Å². The van der Waals surface area contributed by atoms with Crippen molar-refractivity contribution in [3.8, 4) is 0 Å². The Morgan fingerprint density at radius 1 is 1.46 bits per heavy atom. The Morgan fingerprint density at radius 3 is 2.77 bits per heavy atom. The summed E-state index contributed by atoms with van der Waals surface area (Å²) in [6.07, 6.45) is 5.38.